The molecule has 0 unspecified atom stereocenters. The van der Waals surface area contributed by atoms with E-state index in [9.17, 15) is 9.59 Å². The molecule has 116 valence electrons. The highest BCUT2D eigenvalue weighted by atomic mass is 16.7. The molecule has 4 bridgehead atoms. The molecule has 4 nitrogen and oxygen atoms in total. The third kappa shape index (κ3) is 1.80. The molecule has 0 aromatic heterocycles. The van der Waals surface area contributed by atoms with Crippen LogP contribution in [-0.4, -0.2) is 17.7 Å². The molecule has 21 heavy (non-hydrogen) atoms. The van der Waals surface area contributed by atoms with Crippen molar-refractivity contribution >= 4 is 11.9 Å². The van der Waals surface area contributed by atoms with E-state index in [0.29, 0.717) is 11.8 Å². The van der Waals surface area contributed by atoms with Crippen LogP contribution in [0.2, 0.25) is 0 Å². The van der Waals surface area contributed by atoms with Crippen LogP contribution in [0.1, 0.15) is 52.9 Å². The lowest BCUT2D eigenvalue weighted by Crippen LogP contribution is -2.61. The highest BCUT2D eigenvalue weighted by Gasteiger charge is 2.63. The average Bonchev–Trinajstić information content (AvgIpc) is 2.32. The molecule has 1 aliphatic heterocycles. The third-order valence-corrected chi connectivity index (χ3v) is 6.68. The van der Waals surface area contributed by atoms with E-state index >= 15 is 0 Å². The Morgan fingerprint density at radius 2 is 1.24 bits per heavy atom. The van der Waals surface area contributed by atoms with E-state index in [-0.39, 0.29) is 17.4 Å². The number of carbonyl (C=O) groups excluding carboxylic acids is 2. The summed E-state index contributed by atoms with van der Waals surface area (Å²) >= 11 is 0. The van der Waals surface area contributed by atoms with Crippen LogP contribution in [0.4, 0.5) is 0 Å². The molecule has 0 N–H and O–H groups in total. The van der Waals surface area contributed by atoms with Crippen LogP contribution in [0.15, 0.2) is 0 Å². The zero-order valence-corrected chi connectivity index (χ0v) is 13.1. The summed E-state index contributed by atoms with van der Waals surface area (Å²) in [5.74, 6) is -0.00849. The Kier molecular flexibility index (Phi) is 2.60. The van der Waals surface area contributed by atoms with E-state index in [1.165, 1.54) is 32.1 Å². The van der Waals surface area contributed by atoms with Crippen molar-refractivity contribution in [3.05, 3.63) is 0 Å². The maximum Gasteiger partial charge on any atom is 0.324 e. The van der Waals surface area contributed by atoms with Crippen LogP contribution in [0, 0.1) is 35.0 Å². The first kappa shape index (κ1) is 13.6. The van der Waals surface area contributed by atoms with Crippen molar-refractivity contribution in [2.75, 3.05) is 0 Å². The monoisotopic (exact) mass is 292 g/mol. The van der Waals surface area contributed by atoms with Gasteiger partial charge >= 0.3 is 11.9 Å². The highest BCUT2D eigenvalue weighted by molar-refractivity contribution is 5.97. The number of ether oxygens (including phenoxy) is 2. The lowest BCUT2D eigenvalue weighted by molar-refractivity contribution is -0.256. The Bertz CT molecular complexity index is 459. The van der Waals surface area contributed by atoms with Crippen LogP contribution >= 0.6 is 0 Å². The molecule has 0 amide bonds. The van der Waals surface area contributed by atoms with Crippen LogP contribution in [0.25, 0.3) is 0 Å². The lowest BCUT2D eigenvalue weighted by Gasteiger charge is -2.62. The van der Waals surface area contributed by atoms with Gasteiger partial charge in [0.15, 0.2) is 5.92 Å². The third-order valence-electron chi connectivity index (χ3n) is 6.68. The topological polar surface area (TPSA) is 52.6 Å². The van der Waals surface area contributed by atoms with Crippen LogP contribution in [0.5, 0.6) is 0 Å². The van der Waals surface area contributed by atoms with Crippen molar-refractivity contribution in [3.8, 4) is 0 Å². The van der Waals surface area contributed by atoms with Crippen molar-refractivity contribution in [2.24, 2.45) is 35.0 Å². The Balaban J connectivity index is 1.69. The van der Waals surface area contributed by atoms with Gasteiger partial charge in [-0.25, -0.2) is 0 Å². The van der Waals surface area contributed by atoms with Crippen LogP contribution in [-0.2, 0) is 19.1 Å². The van der Waals surface area contributed by atoms with Gasteiger partial charge < -0.3 is 9.47 Å². The molecule has 1 saturated heterocycles. The second kappa shape index (κ2) is 4.02. The molecule has 1 heterocycles. The standard InChI is InChI=1S/C17H24O4/c1-16(2)20-14(18)13(15(19)21-16)17(3)11-5-9-4-10(7-11)8-12(17)6-9/h9-13H,4-8H2,1-3H3. The zero-order chi connectivity index (χ0) is 15.0. The van der Waals surface area contributed by atoms with Gasteiger partial charge in [-0.1, -0.05) is 6.92 Å². The van der Waals surface area contributed by atoms with Crippen LogP contribution < -0.4 is 0 Å². The van der Waals surface area contributed by atoms with E-state index in [1.807, 2.05) is 0 Å². The van der Waals surface area contributed by atoms with Gasteiger partial charge in [0, 0.05) is 13.8 Å². The van der Waals surface area contributed by atoms with Gasteiger partial charge in [0.1, 0.15) is 0 Å². The van der Waals surface area contributed by atoms with E-state index in [1.54, 1.807) is 13.8 Å². The molecule has 4 saturated carbocycles. The van der Waals surface area contributed by atoms with Gasteiger partial charge in [-0.15, -0.1) is 0 Å². The predicted octanol–water partition coefficient (Wildman–Crippen LogP) is 2.90. The smallest absolute Gasteiger partial charge is 0.324 e. The minimum Gasteiger partial charge on any atom is -0.422 e. The summed E-state index contributed by atoms with van der Waals surface area (Å²) < 4.78 is 10.8. The molecule has 5 aliphatic rings. The molecule has 0 spiro atoms. The first-order valence-corrected chi connectivity index (χ1v) is 8.25. The molecular formula is C17H24O4. The molecule has 5 rings (SSSR count). The molecule has 0 atom stereocenters. The summed E-state index contributed by atoms with van der Waals surface area (Å²) in [5, 5.41) is 0. The summed E-state index contributed by atoms with van der Waals surface area (Å²) in [6.07, 6.45) is 6.04. The number of hydrogen-bond acceptors (Lipinski definition) is 4. The molecule has 5 fully saturated rings. The summed E-state index contributed by atoms with van der Waals surface area (Å²) in [4.78, 5) is 25.1. The summed E-state index contributed by atoms with van der Waals surface area (Å²) in [7, 11) is 0. The van der Waals surface area contributed by atoms with Crippen molar-refractivity contribution in [3.63, 3.8) is 0 Å². The Morgan fingerprint density at radius 3 is 1.67 bits per heavy atom. The fraction of sp³-hybridized carbons (Fsp3) is 0.882. The quantitative estimate of drug-likeness (QED) is 0.551. The fourth-order valence-electron chi connectivity index (χ4n) is 5.90. The first-order chi connectivity index (χ1) is 9.79. The van der Waals surface area contributed by atoms with Crippen molar-refractivity contribution in [1.82, 2.24) is 0 Å². The summed E-state index contributed by atoms with van der Waals surface area (Å²) in [5.41, 5.74) is -0.266. The molecule has 4 heteroatoms. The zero-order valence-electron chi connectivity index (χ0n) is 13.1. The van der Waals surface area contributed by atoms with Crippen molar-refractivity contribution in [2.45, 2.75) is 58.7 Å². The number of cyclic esters (lactones) is 2. The number of esters is 2. The largest absolute Gasteiger partial charge is 0.422 e. The van der Waals surface area contributed by atoms with Gasteiger partial charge in [-0.3, -0.25) is 9.59 Å². The minimum absolute atomic E-state index is 0.266. The van der Waals surface area contributed by atoms with E-state index < -0.39 is 11.7 Å². The Hall–Kier alpha value is -1.06. The van der Waals surface area contributed by atoms with E-state index in [2.05, 4.69) is 6.92 Å². The van der Waals surface area contributed by atoms with E-state index in [0.717, 1.165) is 11.8 Å². The fourth-order valence-corrected chi connectivity index (χ4v) is 5.90. The van der Waals surface area contributed by atoms with Crippen LogP contribution in [0.3, 0.4) is 0 Å². The normalized spacial score (nSPS) is 48.1. The van der Waals surface area contributed by atoms with Gasteiger partial charge in [-0.05, 0) is 61.2 Å². The lowest BCUT2D eigenvalue weighted by atomic mass is 9.43. The second-order valence-corrected chi connectivity index (χ2v) is 8.35. The molecule has 0 aromatic carbocycles. The number of hydrogen-bond donors (Lipinski definition) is 0. The Morgan fingerprint density at radius 1 is 0.810 bits per heavy atom. The summed E-state index contributed by atoms with van der Waals surface area (Å²) in [6.45, 7) is 5.39. The Labute approximate surface area is 125 Å². The molecular weight excluding hydrogens is 268 g/mol. The van der Waals surface area contributed by atoms with Gasteiger partial charge in [-0.2, -0.15) is 0 Å². The van der Waals surface area contributed by atoms with Gasteiger partial charge in [0.05, 0.1) is 0 Å². The second-order valence-electron chi connectivity index (χ2n) is 8.35. The first-order valence-electron chi connectivity index (χ1n) is 8.25. The molecule has 0 radical (unpaired) electrons. The number of carbonyl (C=O) groups is 2. The van der Waals surface area contributed by atoms with Gasteiger partial charge in [0.25, 0.3) is 5.79 Å². The van der Waals surface area contributed by atoms with Gasteiger partial charge in [0.2, 0.25) is 0 Å². The van der Waals surface area contributed by atoms with Crippen molar-refractivity contribution < 1.29 is 19.1 Å². The number of rotatable bonds is 1. The average molecular weight is 292 g/mol. The summed E-state index contributed by atoms with van der Waals surface area (Å²) in [6, 6.07) is 0. The SMILES string of the molecule is CC1(C)OC(=O)C(C2(C)C3CC4CC(C3)CC2C4)C(=O)O1. The maximum absolute atomic E-state index is 12.5. The highest BCUT2D eigenvalue weighted by Crippen LogP contribution is 2.65. The predicted molar refractivity (Wildman–Crippen MR) is 74.9 cm³/mol. The maximum atomic E-state index is 12.5. The molecule has 0 aromatic rings. The van der Waals surface area contributed by atoms with E-state index in [4.69, 9.17) is 9.47 Å². The molecule has 4 aliphatic carbocycles. The van der Waals surface area contributed by atoms with Crippen molar-refractivity contribution in [1.29, 1.82) is 0 Å². The minimum atomic E-state index is -1.12.